The molecule has 0 aliphatic heterocycles. The quantitative estimate of drug-likeness (QED) is 0.498. The molecule has 2 aromatic carbocycles. The fraction of sp³-hybridized carbons (Fsp3) is 0.0500. The number of hydrogen-bond donors (Lipinski definition) is 1. The molecule has 3 aromatic heterocycles. The van der Waals surface area contributed by atoms with Gasteiger partial charge in [0, 0.05) is 17.8 Å². The highest BCUT2D eigenvalue weighted by molar-refractivity contribution is 6.32. The van der Waals surface area contributed by atoms with Crippen molar-refractivity contribution in [1.82, 2.24) is 19.6 Å². The summed E-state index contributed by atoms with van der Waals surface area (Å²) in [7, 11) is 1.54. The van der Waals surface area contributed by atoms with Crippen LogP contribution in [-0.2, 0) is 0 Å². The van der Waals surface area contributed by atoms with E-state index in [1.54, 1.807) is 24.4 Å². The largest absolute Gasteiger partial charge is 0.495 e. The number of rotatable bonds is 3. The third kappa shape index (κ3) is 2.56. The number of fused-ring (bicyclic) bond motifs is 2. The zero-order valence-electron chi connectivity index (χ0n) is 14.6. The Morgan fingerprint density at radius 2 is 2.00 bits per heavy atom. The number of aromatic nitrogens is 4. The van der Waals surface area contributed by atoms with E-state index < -0.39 is 0 Å². The molecule has 1 N–H and O–H groups in total. The lowest BCUT2D eigenvalue weighted by Gasteiger charge is -2.06. The summed E-state index contributed by atoms with van der Waals surface area (Å²) in [6, 6.07) is 14.1. The van der Waals surface area contributed by atoms with Gasteiger partial charge in [-0.1, -0.05) is 29.8 Å². The summed E-state index contributed by atoms with van der Waals surface area (Å²) < 4.78 is 12.4. The molecular formula is C20H13ClN4O3. The molecule has 0 fully saturated rings. The number of H-pyrrole nitrogens is 1. The van der Waals surface area contributed by atoms with Crippen molar-refractivity contribution in [2.24, 2.45) is 0 Å². The topological polar surface area (TPSA) is 85.4 Å². The molecule has 0 saturated heterocycles. The van der Waals surface area contributed by atoms with Crippen molar-refractivity contribution in [1.29, 1.82) is 0 Å². The Labute approximate surface area is 163 Å². The van der Waals surface area contributed by atoms with E-state index in [0.29, 0.717) is 44.7 Å². The lowest BCUT2D eigenvalue weighted by molar-refractivity contribution is 0.415. The maximum atomic E-state index is 12.6. The van der Waals surface area contributed by atoms with Crippen LogP contribution in [0.5, 0.6) is 5.75 Å². The van der Waals surface area contributed by atoms with Crippen LogP contribution in [-0.4, -0.2) is 26.7 Å². The van der Waals surface area contributed by atoms with Crippen molar-refractivity contribution in [2.45, 2.75) is 0 Å². The molecule has 0 spiro atoms. The first-order valence-corrected chi connectivity index (χ1v) is 8.83. The van der Waals surface area contributed by atoms with Gasteiger partial charge in [-0.05, 0) is 24.3 Å². The van der Waals surface area contributed by atoms with Gasteiger partial charge >= 0.3 is 0 Å². The fourth-order valence-corrected chi connectivity index (χ4v) is 3.29. The summed E-state index contributed by atoms with van der Waals surface area (Å²) in [5, 5.41) is 3.39. The molecule has 0 saturated carbocycles. The maximum absolute atomic E-state index is 12.6. The highest BCUT2D eigenvalue weighted by atomic mass is 35.5. The van der Waals surface area contributed by atoms with E-state index in [-0.39, 0.29) is 5.56 Å². The highest BCUT2D eigenvalue weighted by Crippen LogP contribution is 2.31. The van der Waals surface area contributed by atoms with Crippen LogP contribution in [0.1, 0.15) is 0 Å². The van der Waals surface area contributed by atoms with Crippen LogP contribution in [0.25, 0.3) is 39.5 Å². The molecule has 0 amide bonds. The molecule has 0 radical (unpaired) electrons. The van der Waals surface area contributed by atoms with Gasteiger partial charge in [-0.3, -0.25) is 9.89 Å². The zero-order valence-corrected chi connectivity index (χ0v) is 15.4. The highest BCUT2D eigenvalue weighted by Gasteiger charge is 2.17. The second-order valence-electron chi connectivity index (χ2n) is 6.16. The van der Waals surface area contributed by atoms with E-state index in [1.165, 1.54) is 17.7 Å². The molecule has 0 aliphatic carbocycles. The number of halogens is 1. The number of nitrogens with zero attached hydrogens (tertiary/aromatic N) is 3. The van der Waals surface area contributed by atoms with Gasteiger partial charge in [0.25, 0.3) is 5.56 Å². The lowest BCUT2D eigenvalue weighted by atomic mass is 10.1. The number of benzene rings is 2. The molecule has 7 nitrogen and oxygen atoms in total. The van der Waals surface area contributed by atoms with Gasteiger partial charge in [-0.15, -0.1) is 0 Å². The number of ether oxygens (including phenoxy) is 1. The molecule has 0 aliphatic rings. The predicted octanol–water partition coefficient (Wildman–Crippen LogP) is 4.16. The lowest BCUT2D eigenvalue weighted by Crippen LogP contribution is -2.14. The Hall–Kier alpha value is -3.58. The van der Waals surface area contributed by atoms with Crippen molar-refractivity contribution in [3.8, 4) is 28.5 Å². The van der Waals surface area contributed by atoms with Crippen LogP contribution < -0.4 is 10.3 Å². The van der Waals surface area contributed by atoms with Gasteiger partial charge in [-0.2, -0.15) is 0 Å². The molecule has 3 heterocycles. The second kappa shape index (κ2) is 6.24. The van der Waals surface area contributed by atoms with Crippen molar-refractivity contribution in [3.63, 3.8) is 0 Å². The number of para-hydroxylation sites is 2. The molecule has 5 aromatic rings. The van der Waals surface area contributed by atoms with E-state index in [2.05, 4.69) is 15.1 Å². The standard InChI is InChI=1S/C20H13ClN4O3/c1-27-17-8-11(6-7-13(17)21)15-9-18(26)25-19(23-15)12(10-22-25)20-24-14-4-2-3-5-16(14)28-20/h2-10,22H,1H3. The molecule has 28 heavy (non-hydrogen) atoms. The molecule has 0 unspecified atom stereocenters. The van der Waals surface area contributed by atoms with Crippen molar-refractivity contribution in [2.75, 3.05) is 7.11 Å². The maximum Gasteiger partial charge on any atom is 0.273 e. The first-order valence-electron chi connectivity index (χ1n) is 8.45. The number of nitrogens with one attached hydrogen (secondary N) is 1. The summed E-state index contributed by atoms with van der Waals surface area (Å²) in [4.78, 5) is 21.7. The minimum absolute atomic E-state index is 0.253. The number of aromatic amines is 1. The van der Waals surface area contributed by atoms with Crippen molar-refractivity contribution in [3.05, 3.63) is 70.1 Å². The Morgan fingerprint density at radius 3 is 2.82 bits per heavy atom. The van der Waals surface area contributed by atoms with Crippen molar-refractivity contribution >= 4 is 28.3 Å². The van der Waals surface area contributed by atoms with Gasteiger partial charge in [0.05, 0.1) is 23.4 Å². The molecule has 138 valence electrons. The molecule has 0 atom stereocenters. The third-order valence-electron chi connectivity index (χ3n) is 4.47. The van der Waals surface area contributed by atoms with Gasteiger partial charge in [0.15, 0.2) is 11.2 Å². The van der Waals surface area contributed by atoms with Gasteiger partial charge in [0.2, 0.25) is 5.89 Å². The fourth-order valence-electron chi connectivity index (χ4n) is 3.09. The van der Waals surface area contributed by atoms with Gasteiger partial charge in [-0.25, -0.2) is 14.5 Å². The van der Waals surface area contributed by atoms with Crippen LogP contribution in [0.15, 0.2) is 63.9 Å². The minimum atomic E-state index is -0.253. The average molecular weight is 393 g/mol. The number of hydrogen-bond acceptors (Lipinski definition) is 5. The molecule has 0 bridgehead atoms. The third-order valence-corrected chi connectivity index (χ3v) is 4.78. The van der Waals surface area contributed by atoms with E-state index in [9.17, 15) is 4.79 Å². The van der Waals surface area contributed by atoms with Crippen LogP contribution in [0.4, 0.5) is 0 Å². The van der Waals surface area contributed by atoms with Crippen molar-refractivity contribution < 1.29 is 9.15 Å². The van der Waals surface area contributed by atoms with E-state index in [1.807, 2.05) is 24.3 Å². The van der Waals surface area contributed by atoms with E-state index >= 15 is 0 Å². The molecule has 8 heteroatoms. The summed E-state index contributed by atoms with van der Waals surface area (Å²) in [5.74, 6) is 0.895. The van der Waals surface area contributed by atoms with E-state index in [4.69, 9.17) is 20.8 Å². The summed E-state index contributed by atoms with van der Waals surface area (Å²) in [6.45, 7) is 0. The summed E-state index contributed by atoms with van der Waals surface area (Å²) in [6.07, 6.45) is 1.65. The second-order valence-corrected chi connectivity index (χ2v) is 6.57. The predicted molar refractivity (Wildman–Crippen MR) is 106 cm³/mol. The SMILES string of the molecule is COc1cc(-c2cc(=O)n3[nH]cc(-c4nc5ccccc5o4)c3n2)ccc1Cl. The average Bonchev–Trinajstić information content (AvgIpc) is 3.32. The Morgan fingerprint density at radius 1 is 1.14 bits per heavy atom. The first kappa shape index (κ1) is 16.6. The first-order chi connectivity index (χ1) is 13.6. The van der Waals surface area contributed by atoms with Gasteiger partial charge < -0.3 is 9.15 Å². The van der Waals surface area contributed by atoms with Gasteiger partial charge in [0.1, 0.15) is 11.3 Å². The zero-order chi connectivity index (χ0) is 19.3. The Kier molecular flexibility index (Phi) is 3.70. The van der Waals surface area contributed by atoms with Crippen LogP contribution in [0.3, 0.4) is 0 Å². The summed E-state index contributed by atoms with van der Waals surface area (Å²) in [5.41, 5.74) is 3.37. The number of oxazole rings is 1. The Balaban J connectivity index is 1.72. The number of methoxy groups -OCH3 is 1. The molecule has 5 rings (SSSR count). The molecular weight excluding hydrogens is 380 g/mol. The normalized spacial score (nSPS) is 11.4. The summed E-state index contributed by atoms with van der Waals surface area (Å²) >= 11 is 6.10. The van der Waals surface area contributed by atoms with E-state index in [0.717, 1.165) is 5.52 Å². The Bertz CT molecular complexity index is 1370. The minimum Gasteiger partial charge on any atom is -0.495 e. The van der Waals surface area contributed by atoms with Crippen LogP contribution in [0, 0.1) is 0 Å². The smallest absolute Gasteiger partial charge is 0.273 e. The van der Waals surface area contributed by atoms with Crippen LogP contribution in [0.2, 0.25) is 5.02 Å². The monoisotopic (exact) mass is 392 g/mol. The van der Waals surface area contributed by atoms with Crippen LogP contribution >= 0.6 is 11.6 Å².